The second-order valence-corrected chi connectivity index (χ2v) is 5.73. The minimum absolute atomic E-state index is 0.199. The number of hydrogen-bond donors (Lipinski definition) is 2. The highest BCUT2D eigenvalue weighted by molar-refractivity contribution is 5.94. The smallest absolute Gasteiger partial charge is 0.339 e. The van der Waals surface area contributed by atoms with Gasteiger partial charge in [0.05, 0.1) is 11.9 Å². The molecule has 0 radical (unpaired) electrons. The maximum Gasteiger partial charge on any atom is 0.339 e. The summed E-state index contributed by atoms with van der Waals surface area (Å²) in [7, 11) is 2.17. The van der Waals surface area contributed by atoms with Gasteiger partial charge in [0, 0.05) is 25.2 Å². The van der Waals surface area contributed by atoms with Crippen LogP contribution in [0.25, 0.3) is 0 Å². The Balaban J connectivity index is 1.91. The number of carboxylic acid groups (broad SMARTS) is 1. The molecule has 3 rings (SSSR count). The van der Waals surface area contributed by atoms with E-state index in [9.17, 15) is 9.90 Å². The van der Waals surface area contributed by atoms with Crippen molar-refractivity contribution < 1.29 is 9.90 Å². The van der Waals surface area contributed by atoms with Gasteiger partial charge in [-0.1, -0.05) is 0 Å². The van der Waals surface area contributed by atoms with Crippen LogP contribution in [0.2, 0.25) is 0 Å². The van der Waals surface area contributed by atoms with Gasteiger partial charge in [-0.05, 0) is 32.4 Å². The zero-order valence-electron chi connectivity index (χ0n) is 11.6. The van der Waals surface area contributed by atoms with Crippen LogP contribution in [0, 0.1) is 0 Å². The van der Waals surface area contributed by atoms with Gasteiger partial charge in [0.15, 0.2) is 0 Å². The SMILES string of the molecule is CN1C2CCC1CN(c1ncc(N)cc1C(=O)O)CC2. The van der Waals surface area contributed by atoms with Gasteiger partial charge in [0.1, 0.15) is 11.4 Å². The van der Waals surface area contributed by atoms with Gasteiger partial charge in [-0.25, -0.2) is 9.78 Å². The number of nitrogens with zero attached hydrogens (tertiary/aromatic N) is 3. The zero-order valence-corrected chi connectivity index (χ0v) is 11.6. The van der Waals surface area contributed by atoms with E-state index < -0.39 is 5.97 Å². The second-order valence-electron chi connectivity index (χ2n) is 5.73. The Kier molecular flexibility index (Phi) is 3.25. The minimum Gasteiger partial charge on any atom is -0.478 e. The predicted octanol–water partition coefficient (Wildman–Crippen LogP) is 1.03. The molecule has 2 atom stereocenters. The summed E-state index contributed by atoms with van der Waals surface area (Å²) in [6.45, 7) is 1.69. The van der Waals surface area contributed by atoms with Crippen molar-refractivity contribution in [3.05, 3.63) is 17.8 Å². The van der Waals surface area contributed by atoms with Crippen LogP contribution in [0.15, 0.2) is 12.3 Å². The molecule has 0 aromatic carbocycles. The Labute approximate surface area is 118 Å². The molecule has 0 aliphatic carbocycles. The summed E-state index contributed by atoms with van der Waals surface area (Å²) in [5.74, 6) is -0.421. The van der Waals surface area contributed by atoms with E-state index in [1.54, 1.807) is 0 Å². The number of carbonyl (C=O) groups is 1. The molecule has 1 aromatic heterocycles. The molecule has 2 aliphatic heterocycles. The molecule has 2 saturated heterocycles. The lowest BCUT2D eigenvalue weighted by molar-refractivity contribution is 0.0697. The molecule has 2 fully saturated rings. The Morgan fingerprint density at radius 1 is 1.40 bits per heavy atom. The molecule has 2 aliphatic rings. The van der Waals surface area contributed by atoms with E-state index in [0.717, 1.165) is 19.5 Å². The maximum atomic E-state index is 11.4. The van der Waals surface area contributed by atoms with Gasteiger partial charge < -0.3 is 15.7 Å². The van der Waals surface area contributed by atoms with Crippen molar-refractivity contribution in [3.63, 3.8) is 0 Å². The van der Waals surface area contributed by atoms with Gasteiger partial charge in [-0.15, -0.1) is 0 Å². The van der Waals surface area contributed by atoms with E-state index in [2.05, 4.69) is 21.8 Å². The van der Waals surface area contributed by atoms with E-state index in [1.807, 2.05) is 0 Å². The van der Waals surface area contributed by atoms with Crippen molar-refractivity contribution in [1.82, 2.24) is 9.88 Å². The fraction of sp³-hybridized carbons (Fsp3) is 0.571. The molecule has 0 amide bonds. The highest BCUT2D eigenvalue weighted by Gasteiger charge is 2.35. The standard InChI is InChI=1S/C14H20N4O2/c1-17-10-2-3-11(17)8-18(5-4-10)13-12(14(19)20)6-9(15)7-16-13/h6-7,10-11H,2-5,8,15H2,1H3,(H,19,20). The maximum absolute atomic E-state index is 11.4. The zero-order chi connectivity index (χ0) is 14.3. The van der Waals surface area contributed by atoms with E-state index >= 15 is 0 Å². The van der Waals surface area contributed by atoms with Crippen LogP contribution in [0.4, 0.5) is 11.5 Å². The van der Waals surface area contributed by atoms with E-state index in [4.69, 9.17) is 5.73 Å². The lowest BCUT2D eigenvalue weighted by Gasteiger charge is -2.27. The summed E-state index contributed by atoms with van der Waals surface area (Å²) in [5, 5.41) is 9.34. The number of carboxylic acids is 1. The molecule has 108 valence electrons. The first-order chi connectivity index (χ1) is 9.56. The van der Waals surface area contributed by atoms with Gasteiger partial charge in [0.25, 0.3) is 0 Å². The summed E-state index contributed by atoms with van der Waals surface area (Å²) >= 11 is 0. The van der Waals surface area contributed by atoms with Crippen molar-refractivity contribution in [2.45, 2.75) is 31.3 Å². The van der Waals surface area contributed by atoms with Crippen molar-refractivity contribution in [2.24, 2.45) is 0 Å². The van der Waals surface area contributed by atoms with Crippen molar-refractivity contribution >= 4 is 17.5 Å². The van der Waals surface area contributed by atoms with Gasteiger partial charge in [-0.3, -0.25) is 4.90 Å². The number of hydrogen-bond acceptors (Lipinski definition) is 5. The highest BCUT2D eigenvalue weighted by atomic mass is 16.4. The third-order valence-electron chi connectivity index (χ3n) is 4.57. The fourth-order valence-corrected chi connectivity index (χ4v) is 3.38. The lowest BCUT2D eigenvalue weighted by Crippen LogP contribution is -2.37. The first-order valence-electron chi connectivity index (χ1n) is 7.02. The van der Waals surface area contributed by atoms with Gasteiger partial charge in [-0.2, -0.15) is 0 Å². The molecule has 3 heterocycles. The number of nitrogens with two attached hydrogens (primary N) is 1. The number of anilines is 2. The summed E-state index contributed by atoms with van der Waals surface area (Å²) in [6, 6.07) is 2.60. The number of fused-ring (bicyclic) bond motifs is 2. The predicted molar refractivity (Wildman–Crippen MR) is 77.0 cm³/mol. The summed E-state index contributed by atoms with van der Waals surface area (Å²) in [4.78, 5) is 20.2. The Hall–Kier alpha value is -1.82. The number of rotatable bonds is 2. The van der Waals surface area contributed by atoms with Crippen molar-refractivity contribution in [2.75, 3.05) is 30.8 Å². The van der Waals surface area contributed by atoms with Crippen LogP contribution in [0.3, 0.4) is 0 Å². The van der Waals surface area contributed by atoms with Gasteiger partial charge in [0.2, 0.25) is 0 Å². The molecule has 2 bridgehead atoms. The minimum atomic E-state index is -0.970. The molecule has 0 saturated carbocycles. The van der Waals surface area contributed by atoms with Crippen LogP contribution in [0.1, 0.15) is 29.6 Å². The lowest BCUT2D eigenvalue weighted by atomic mass is 10.1. The van der Waals surface area contributed by atoms with E-state index in [1.165, 1.54) is 25.1 Å². The summed E-state index contributed by atoms with van der Waals surface area (Å²) < 4.78 is 0. The molecular formula is C14H20N4O2. The Bertz CT molecular complexity index is 534. The molecule has 2 unspecified atom stereocenters. The molecular weight excluding hydrogens is 256 g/mol. The van der Waals surface area contributed by atoms with Crippen LogP contribution >= 0.6 is 0 Å². The van der Waals surface area contributed by atoms with E-state index in [-0.39, 0.29) is 5.56 Å². The molecule has 0 spiro atoms. The fourth-order valence-electron chi connectivity index (χ4n) is 3.38. The number of nitrogen functional groups attached to an aromatic ring is 1. The number of likely N-dealkylation sites (N-methyl/N-ethyl adjacent to an activating group) is 1. The molecule has 6 nitrogen and oxygen atoms in total. The molecule has 6 heteroatoms. The van der Waals surface area contributed by atoms with Crippen LogP contribution < -0.4 is 10.6 Å². The average Bonchev–Trinajstić information content (AvgIpc) is 2.64. The number of aromatic nitrogens is 1. The number of aromatic carboxylic acids is 1. The second kappa shape index (κ2) is 4.94. The van der Waals surface area contributed by atoms with Crippen molar-refractivity contribution in [3.8, 4) is 0 Å². The number of pyridine rings is 1. The van der Waals surface area contributed by atoms with Gasteiger partial charge >= 0.3 is 5.97 Å². The Morgan fingerprint density at radius 3 is 2.90 bits per heavy atom. The molecule has 3 N–H and O–H groups in total. The molecule has 1 aromatic rings. The first-order valence-corrected chi connectivity index (χ1v) is 7.02. The highest BCUT2D eigenvalue weighted by Crippen LogP contribution is 2.31. The average molecular weight is 276 g/mol. The monoisotopic (exact) mass is 276 g/mol. The summed E-state index contributed by atoms with van der Waals surface area (Å²) in [6.07, 6.45) is 5.01. The molecule has 20 heavy (non-hydrogen) atoms. The van der Waals surface area contributed by atoms with Crippen LogP contribution in [-0.4, -0.2) is 53.2 Å². The third kappa shape index (κ3) is 2.20. The normalized spacial score (nSPS) is 26.6. The van der Waals surface area contributed by atoms with E-state index in [0.29, 0.717) is 23.6 Å². The Morgan fingerprint density at radius 2 is 2.15 bits per heavy atom. The summed E-state index contributed by atoms with van der Waals surface area (Å²) in [5.41, 5.74) is 6.24. The van der Waals surface area contributed by atoms with Crippen molar-refractivity contribution in [1.29, 1.82) is 0 Å². The quantitative estimate of drug-likeness (QED) is 0.839. The first kappa shape index (κ1) is 13.2. The van der Waals surface area contributed by atoms with Crippen LogP contribution in [0.5, 0.6) is 0 Å². The largest absolute Gasteiger partial charge is 0.478 e. The topological polar surface area (TPSA) is 82.7 Å². The third-order valence-corrected chi connectivity index (χ3v) is 4.57. The van der Waals surface area contributed by atoms with Crippen LogP contribution in [-0.2, 0) is 0 Å².